The highest BCUT2D eigenvalue weighted by molar-refractivity contribution is 7.10. The summed E-state index contributed by atoms with van der Waals surface area (Å²) in [6, 6.07) is 3.81. The quantitative estimate of drug-likeness (QED) is 0.690. The SMILES string of the molecule is CCOC(=O)Cc1ccsc1C#N. The highest BCUT2D eigenvalue weighted by Crippen LogP contribution is 2.16. The Hall–Kier alpha value is -1.34. The molecule has 1 aromatic rings. The van der Waals surface area contributed by atoms with E-state index < -0.39 is 0 Å². The molecule has 1 aromatic heterocycles. The lowest BCUT2D eigenvalue weighted by Gasteiger charge is -1.99. The van der Waals surface area contributed by atoms with E-state index in [9.17, 15) is 4.79 Å². The monoisotopic (exact) mass is 195 g/mol. The van der Waals surface area contributed by atoms with E-state index in [0.717, 1.165) is 5.56 Å². The highest BCUT2D eigenvalue weighted by atomic mass is 32.1. The van der Waals surface area contributed by atoms with Crippen LogP contribution in [-0.4, -0.2) is 12.6 Å². The Kier molecular flexibility index (Phi) is 3.47. The van der Waals surface area contributed by atoms with Crippen molar-refractivity contribution >= 4 is 17.3 Å². The lowest BCUT2D eigenvalue weighted by Crippen LogP contribution is -2.07. The minimum atomic E-state index is -0.280. The van der Waals surface area contributed by atoms with Crippen LogP contribution in [0, 0.1) is 11.3 Å². The van der Waals surface area contributed by atoms with Crippen LogP contribution in [0.4, 0.5) is 0 Å². The van der Waals surface area contributed by atoms with Crippen molar-refractivity contribution in [3.63, 3.8) is 0 Å². The molecule has 1 rings (SSSR count). The molecule has 0 saturated heterocycles. The maximum absolute atomic E-state index is 11.1. The Bertz CT molecular complexity index is 338. The zero-order valence-electron chi connectivity index (χ0n) is 7.24. The molecule has 0 fully saturated rings. The molecule has 0 aliphatic carbocycles. The van der Waals surface area contributed by atoms with Crippen molar-refractivity contribution in [2.45, 2.75) is 13.3 Å². The molecule has 0 bridgehead atoms. The second kappa shape index (κ2) is 4.63. The van der Waals surface area contributed by atoms with Crippen LogP contribution in [0.2, 0.25) is 0 Å². The first-order chi connectivity index (χ1) is 6.27. The molecule has 3 nitrogen and oxygen atoms in total. The first kappa shape index (κ1) is 9.75. The van der Waals surface area contributed by atoms with Gasteiger partial charge in [0.15, 0.2) is 0 Å². The van der Waals surface area contributed by atoms with Gasteiger partial charge in [-0.25, -0.2) is 0 Å². The number of thiophene rings is 1. The molecule has 0 unspecified atom stereocenters. The van der Waals surface area contributed by atoms with Crippen molar-refractivity contribution in [1.82, 2.24) is 0 Å². The molecule has 0 amide bonds. The summed E-state index contributed by atoms with van der Waals surface area (Å²) in [5.74, 6) is -0.280. The molecule has 0 aliphatic heterocycles. The Morgan fingerprint density at radius 2 is 2.54 bits per heavy atom. The van der Waals surface area contributed by atoms with Gasteiger partial charge in [0, 0.05) is 0 Å². The van der Waals surface area contributed by atoms with E-state index in [1.54, 1.807) is 18.4 Å². The van der Waals surface area contributed by atoms with Crippen LogP contribution in [0.25, 0.3) is 0 Å². The number of nitrogens with zero attached hydrogens (tertiary/aromatic N) is 1. The summed E-state index contributed by atoms with van der Waals surface area (Å²) in [6.07, 6.45) is 0.195. The Balaban J connectivity index is 2.64. The van der Waals surface area contributed by atoms with Crippen LogP contribution < -0.4 is 0 Å². The van der Waals surface area contributed by atoms with Crippen molar-refractivity contribution < 1.29 is 9.53 Å². The molecular formula is C9H9NO2S. The van der Waals surface area contributed by atoms with Gasteiger partial charge in [-0.2, -0.15) is 5.26 Å². The summed E-state index contributed by atoms with van der Waals surface area (Å²) in [4.78, 5) is 11.6. The van der Waals surface area contributed by atoms with Crippen LogP contribution in [0.1, 0.15) is 17.4 Å². The molecule has 68 valence electrons. The Labute approximate surface area is 80.6 Å². The van der Waals surface area contributed by atoms with Gasteiger partial charge < -0.3 is 4.74 Å². The second-order valence-electron chi connectivity index (χ2n) is 2.37. The third-order valence-corrected chi connectivity index (χ3v) is 2.35. The van der Waals surface area contributed by atoms with Crippen LogP contribution >= 0.6 is 11.3 Å². The zero-order valence-corrected chi connectivity index (χ0v) is 8.06. The summed E-state index contributed by atoms with van der Waals surface area (Å²) < 4.78 is 4.77. The van der Waals surface area contributed by atoms with Gasteiger partial charge in [0.2, 0.25) is 0 Å². The topological polar surface area (TPSA) is 50.1 Å². The maximum Gasteiger partial charge on any atom is 0.310 e. The van der Waals surface area contributed by atoms with Crippen molar-refractivity contribution in [3.05, 3.63) is 21.9 Å². The average Bonchev–Trinajstić information content (AvgIpc) is 2.52. The van der Waals surface area contributed by atoms with E-state index >= 15 is 0 Å². The van der Waals surface area contributed by atoms with E-state index in [1.807, 2.05) is 6.07 Å². The smallest absolute Gasteiger partial charge is 0.310 e. The number of carbonyl (C=O) groups excluding carboxylic acids is 1. The second-order valence-corrected chi connectivity index (χ2v) is 3.28. The molecule has 0 atom stereocenters. The van der Waals surface area contributed by atoms with Gasteiger partial charge >= 0.3 is 5.97 Å². The largest absolute Gasteiger partial charge is 0.466 e. The molecule has 13 heavy (non-hydrogen) atoms. The van der Waals surface area contributed by atoms with Gasteiger partial charge in [0.25, 0.3) is 0 Å². The molecule has 0 radical (unpaired) electrons. The lowest BCUT2D eigenvalue weighted by atomic mass is 10.2. The summed E-state index contributed by atoms with van der Waals surface area (Å²) in [5, 5.41) is 10.5. The Morgan fingerprint density at radius 1 is 1.77 bits per heavy atom. The maximum atomic E-state index is 11.1. The molecular weight excluding hydrogens is 186 g/mol. The number of hydrogen-bond donors (Lipinski definition) is 0. The minimum absolute atomic E-state index is 0.195. The van der Waals surface area contributed by atoms with Gasteiger partial charge in [-0.05, 0) is 23.9 Å². The summed E-state index contributed by atoms with van der Waals surface area (Å²) in [6.45, 7) is 2.14. The molecule has 0 N–H and O–H groups in total. The van der Waals surface area contributed by atoms with Gasteiger partial charge in [-0.15, -0.1) is 11.3 Å². The summed E-state index contributed by atoms with van der Waals surface area (Å²) in [5.41, 5.74) is 0.756. The standard InChI is InChI=1S/C9H9NO2S/c1-2-12-9(11)5-7-3-4-13-8(7)6-10/h3-4H,2,5H2,1H3. The summed E-state index contributed by atoms with van der Waals surface area (Å²) in [7, 11) is 0. The van der Waals surface area contributed by atoms with Crippen LogP contribution in [0.5, 0.6) is 0 Å². The van der Waals surface area contributed by atoms with Gasteiger partial charge in [-0.1, -0.05) is 0 Å². The fourth-order valence-corrected chi connectivity index (χ4v) is 1.65. The molecule has 0 spiro atoms. The lowest BCUT2D eigenvalue weighted by molar-refractivity contribution is -0.142. The predicted molar refractivity (Wildman–Crippen MR) is 49.4 cm³/mol. The molecule has 0 aromatic carbocycles. The molecule has 0 aliphatic rings. The summed E-state index contributed by atoms with van der Waals surface area (Å²) >= 11 is 1.34. The van der Waals surface area contributed by atoms with Crippen LogP contribution in [-0.2, 0) is 16.0 Å². The minimum Gasteiger partial charge on any atom is -0.466 e. The third-order valence-electron chi connectivity index (χ3n) is 1.49. The number of ether oxygens (including phenoxy) is 1. The van der Waals surface area contributed by atoms with Gasteiger partial charge in [0.1, 0.15) is 10.9 Å². The van der Waals surface area contributed by atoms with E-state index in [1.165, 1.54) is 11.3 Å². The van der Waals surface area contributed by atoms with Crippen LogP contribution in [0.15, 0.2) is 11.4 Å². The fourth-order valence-electron chi connectivity index (χ4n) is 0.940. The van der Waals surface area contributed by atoms with Crippen molar-refractivity contribution in [3.8, 4) is 6.07 Å². The van der Waals surface area contributed by atoms with Crippen LogP contribution in [0.3, 0.4) is 0 Å². The normalized spacial score (nSPS) is 9.23. The number of nitriles is 1. The van der Waals surface area contributed by atoms with E-state index in [0.29, 0.717) is 11.5 Å². The third kappa shape index (κ3) is 2.56. The number of esters is 1. The van der Waals surface area contributed by atoms with E-state index in [2.05, 4.69) is 0 Å². The molecule has 1 heterocycles. The number of rotatable bonds is 3. The van der Waals surface area contributed by atoms with Crippen molar-refractivity contribution in [1.29, 1.82) is 5.26 Å². The number of carbonyl (C=O) groups is 1. The first-order valence-corrected chi connectivity index (χ1v) is 4.78. The van der Waals surface area contributed by atoms with Crippen molar-refractivity contribution in [2.75, 3.05) is 6.61 Å². The molecule has 4 heteroatoms. The van der Waals surface area contributed by atoms with E-state index in [-0.39, 0.29) is 12.4 Å². The number of hydrogen-bond acceptors (Lipinski definition) is 4. The highest BCUT2D eigenvalue weighted by Gasteiger charge is 2.09. The fraction of sp³-hybridized carbons (Fsp3) is 0.333. The van der Waals surface area contributed by atoms with Gasteiger partial charge in [0.05, 0.1) is 13.0 Å². The predicted octanol–water partition coefficient (Wildman–Crippen LogP) is 1.73. The Morgan fingerprint density at radius 3 is 3.15 bits per heavy atom. The average molecular weight is 195 g/mol. The van der Waals surface area contributed by atoms with Gasteiger partial charge in [-0.3, -0.25) is 4.79 Å². The van der Waals surface area contributed by atoms with E-state index in [4.69, 9.17) is 10.00 Å². The zero-order chi connectivity index (χ0) is 9.68. The first-order valence-electron chi connectivity index (χ1n) is 3.90. The molecule has 0 saturated carbocycles. The van der Waals surface area contributed by atoms with Crippen molar-refractivity contribution in [2.24, 2.45) is 0 Å².